The van der Waals surface area contributed by atoms with Crippen LogP contribution >= 0.6 is 0 Å². The minimum Gasteiger partial charge on any atom is -0.384 e. The maximum atomic E-state index is 12.3. The summed E-state index contributed by atoms with van der Waals surface area (Å²) >= 11 is 0. The lowest BCUT2D eigenvalue weighted by molar-refractivity contribution is 0.350. The molecule has 6 heteroatoms. The van der Waals surface area contributed by atoms with Crippen molar-refractivity contribution in [1.82, 2.24) is 9.71 Å². The lowest BCUT2D eigenvalue weighted by Crippen LogP contribution is -2.36. The van der Waals surface area contributed by atoms with Gasteiger partial charge in [-0.3, -0.25) is 4.98 Å². The number of rotatable bonds is 3. The Labute approximate surface area is 119 Å². The molecule has 0 amide bonds. The second kappa shape index (κ2) is 6.84. The summed E-state index contributed by atoms with van der Waals surface area (Å²) < 4.78 is 27.3. The smallest absolute Gasteiger partial charge is 0.242 e. The van der Waals surface area contributed by atoms with Crippen molar-refractivity contribution in [2.75, 3.05) is 6.61 Å². The van der Waals surface area contributed by atoms with E-state index in [2.05, 4.69) is 21.5 Å². The van der Waals surface area contributed by atoms with E-state index in [0.717, 1.165) is 25.7 Å². The van der Waals surface area contributed by atoms with E-state index in [-0.39, 0.29) is 17.5 Å². The van der Waals surface area contributed by atoms with Crippen LogP contribution in [0.25, 0.3) is 0 Å². The number of sulfonamides is 1. The van der Waals surface area contributed by atoms with Crippen LogP contribution in [0.3, 0.4) is 0 Å². The van der Waals surface area contributed by atoms with Crippen molar-refractivity contribution in [2.24, 2.45) is 0 Å². The standard InChI is InChI=1S/C14H18N2O3S/c17-8-4-5-12-9-14(11-15-10-12)20(18,19)16-13-6-2-1-3-7-13/h9-11,13,16-17H,1-3,6-8H2. The van der Waals surface area contributed by atoms with Crippen LogP contribution in [-0.4, -0.2) is 31.2 Å². The first-order valence-electron chi connectivity index (χ1n) is 6.69. The van der Waals surface area contributed by atoms with Crippen LogP contribution in [0.2, 0.25) is 0 Å². The van der Waals surface area contributed by atoms with Gasteiger partial charge < -0.3 is 5.11 Å². The molecule has 0 atom stereocenters. The fraction of sp³-hybridized carbons (Fsp3) is 0.500. The van der Waals surface area contributed by atoms with Gasteiger partial charge in [0.15, 0.2) is 0 Å². The highest BCUT2D eigenvalue weighted by atomic mass is 32.2. The summed E-state index contributed by atoms with van der Waals surface area (Å²) in [6, 6.07) is 1.49. The van der Waals surface area contributed by atoms with Gasteiger partial charge in [0.2, 0.25) is 10.0 Å². The molecule has 0 saturated heterocycles. The monoisotopic (exact) mass is 294 g/mol. The summed E-state index contributed by atoms with van der Waals surface area (Å²) in [7, 11) is -3.55. The fourth-order valence-corrected chi connectivity index (χ4v) is 3.58. The van der Waals surface area contributed by atoms with E-state index in [1.54, 1.807) is 0 Å². The van der Waals surface area contributed by atoms with Crippen LogP contribution < -0.4 is 4.72 Å². The van der Waals surface area contributed by atoms with E-state index >= 15 is 0 Å². The van der Waals surface area contributed by atoms with Crippen molar-refractivity contribution in [3.63, 3.8) is 0 Å². The summed E-state index contributed by atoms with van der Waals surface area (Å²) in [5.41, 5.74) is 0.477. The van der Waals surface area contributed by atoms with Crippen molar-refractivity contribution in [2.45, 2.75) is 43.0 Å². The number of aromatic nitrogens is 1. The van der Waals surface area contributed by atoms with Crippen molar-refractivity contribution >= 4 is 10.0 Å². The molecule has 2 N–H and O–H groups in total. The minimum absolute atomic E-state index is 0.0148. The number of hydrogen-bond acceptors (Lipinski definition) is 4. The van der Waals surface area contributed by atoms with Crippen LogP contribution in [0.15, 0.2) is 23.4 Å². The van der Waals surface area contributed by atoms with Crippen molar-refractivity contribution in [1.29, 1.82) is 0 Å². The quantitative estimate of drug-likeness (QED) is 0.816. The van der Waals surface area contributed by atoms with Gasteiger partial charge in [-0.05, 0) is 18.9 Å². The summed E-state index contributed by atoms with van der Waals surface area (Å²) in [6.07, 6.45) is 7.86. The minimum atomic E-state index is -3.55. The van der Waals surface area contributed by atoms with E-state index < -0.39 is 10.0 Å². The number of nitrogens with one attached hydrogen (secondary N) is 1. The zero-order valence-corrected chi connectivity index (χ0v) is 12.0. The number of hydrogen-bond donors (Lipinski definition) is 2. The maximum absolute atomic E-state index is 12.3. The maximum Gasteiger partial charge on any atom is 0.242 e. The molecule has 0 radical (unpaired) electrons. The van der Waals surface area contributed by atoms with Gasteiger partial charge in [0.25, 0.3) is 0 Å². The molecule has 1 saturated carbocycles. The van der Waals surface area contributed by atoms with Crippen LogP contribution in [0.4, 0.5) is 0 Å². The molecule has 108 valence electrons. The van der Waals surface area contributed by atoms with Gasteiger partial charge in [0.1, 0.15) is 11.5 Å². The van der Waals surface area contributed by atoms with E-state index in [4.69, 9.17) is 5.11 Å². The molecular weight excluding hydrogens is 276 g/mol. The van der Waals surface area contributed by atoms with Gasteiger partial charge in [-0.15, -0.1) is 0 Å². The largest absolute Gasteiger partial charge is 0.384 e. The van der Waals surface area contributed by atoms with E-state index in [9.17, 15) is 8.42 Å². The van der Waals surface area contributed by atoms with Crippen LogP contribution in [-0.2, 0) is 10.0 Å². The molecule has 1 fully saturated rings. The molecule has 0 unspecified atom stereocenters. The molecule has 0 bridgehead atoms. The lowest BCUT2D eigenvalue weighted by atomic mass is 9.96. The fourth-order valence-electron chi connectivity index (χ4n) is 2.28. The molecule has 1 aliphatic carbocycles. The van der Waals surface area contributed by atoms with Crippen LogP contribution in [0, 0.1) is 11.8 Å². The normalized spacial score (nSPS) is 16.4. The predicted molar refractivity (Wildman–Crippen MR) is 75.4 cm³/mol. The molecule has 1 heterocycles. The summed E-state index contributed by atoms with van der Waals surface area (Å²) in [6.45, 7) is -0.267. The highest BCUT2D eigenvalue weighted by molar-refractivity contribution is 7.89. The van der Waals surface area contributed by atoms with Crippen molar-refractivity contribution in [3.8, 4) is 11.8 Å². The van der Waals surface area contributed by atoms with Gasteiger partial charge >= 0.3 is 0 Å². The second-order valence-electron chi connectivity index (χ2n) is 4.83. The second-order valence-corrected chi connectivity index (χ2v) is 6.54. The summed E-state index contributed by atoms with van der Waals surface area (Å²) in [4.78, 5) is 4.01. The van der Waals surface area contributed by atoms with Gasteiger partial charge in [0.05, 0.1) is 0 Å². The Morgan fingerprint density at radius 1 is 1.30 bits per heavy atom. The van der Waals surface area contributed by atoms with Gasteiger partial charge in [-0.25, -0.2) is 13.1 Å². The molecular formula is C14H18N2O3S. The van der Waals surface area contributed by atoms with Crippen molar-refractivity contribution < 1.29 is 13.5 Å². The van der Waals surface area contributed by atoms with Gasteiger partial charge in [-0.1, -0.05) is 31.1 Å². The third-order valence-electron chi connectivity index (χ3n) is 3.26. The first kappa shape index (κ1) is 15.0. The highest BCUT2D eigenvalue weighted by Crippen LogP contribution is 2.19. The Morgan fingerprint density at radius 3 is 2.75 bits per heavy atom. The molecule has 20 heavy (non-hydrogen) atoms. The Morgan fingerprint density at radius 2 is 2.05 bits per heavy atom. The summed E-state index contributed by atoms with van der Waals surface area (Å²) in [5, 5.41) is 8.65. The molecule has 2 rings (SSSR count). The van der Waals surface area contributed by atoms with E-state index in [1.807, 2.05) is 0 Å². The van der Waals surface area contributed by atoms with E-state index in [1.165, 1.54) is 24.9 Å². The van der Waals surface area contributed by atoms with Gasteiger partial charge in [-0.2, -0.15) is 0 Å². The average molecular weight is 294 g/mol. The Balaban J connectivity index is 2.16. The molecule has 1 aliphatic rings. The molecule has 0 spiro atoms. The number of aliphatic hydroxyl groups is 1. The molecule has 1 aromatic heterocycles. The zero-order valence-electron chi connectivity index (χ0n) is 11.2. The SMILES string of the molecule is O=S(=O)(NC1CCCCC1)c1cncc(C#CCO)c1. The summed E-state index contributed by atoms with van der Waals surface area (Å²) in [5.74, 6) is 5.13. The third kappa shape index (κ3) is 4.04. The van der Waals surface area contributed by atoms with E-state index in [0.29, 0.717) is 5.56 Å². The molecule has 0 aliphatic heterocycles. The highest BCUT2D eigenvalue weighted by Gasteiger charge is 2.22. The Hall–Kier alpha value is -1.42. The Kier molecular flexibility index (Phi) is 5.12. The molecule has 0 aromatic carbocycles. The topological polar surface area (TPSA) is 79.3 Å². The number of nitrogens with zero attached hydrogens (tertiary/aromatic N) is 1. The van der Waals surface area contributed by atoms with Crippen LogP contribution in [0.5, 0.6) is 0 Å². The Bertz CT molecular complexity index is 611. The first-order chi connectivity index (χ1) is 9.62. The molecule has 5 nitrogen and oxygen atoms in total. The lowest BCUT2D eigenvalue weighted by Gasteiger charge is -2.22. The van der Waals surface area contributed by atoms with Crippen molar-refractivity contribution in [3.05, 3.63) is 24.0 Å². The molecule has 1 aromatic rings. The zero-order chi connectivity index (χ0) is 14.4. The van der Waals surface area contributed by atoms with Crippen LogP contribution in [0.1, 0.15) is 37.7 Å². The number of pyridine rings is 1. The average Bonchev–Trinajstić information content (AvgIpc) is 2.46. The third-order valence-corrected chi connectivity index (χ3v) is 4.75. The van der Waals surface area contributed by atoms with Gasteiger partial charge in [0, 0.05) is 24.0 Å². The first-order valence-corrected chi connectivity index (χ1v) is 8.17. The number of aliphatic hydroxyl groups excluding tert-OH is 1. The predicted octanol–water partition coefficient (Wildman–Crippen LogP) is 1.04.